The summed E-state index contributed by atoms with van der Waals surface area (Å²) in [5, 5.41) is 18.1. The van der Waals surface area contributed by atoms with Crippen LogP contribution in [0.1, 0.15) is 11.6 Å². The first-order chi connectivity index (χ1) is 8.81. The maximum atomic E-state index is 9.76. The molecule has 2 rings (SSSR count). The molecule has 90 valence electrons. The summed E-state index contributed by atoms with van der Waals surface area (Å²) >= 11 is 0. The molecule has 2 aromatic rings. The van der Waals surface area contributed by atoms with E-state index in [0.29, 0.717) is 5.56 Å². The molecule has 1 N–H and O–H groups in total. The average molecular weight is 238 g/mol. The van der Waals surface area contributed by atoms with Crippen LogP contribution in [-0.2, 0) is 0 Å². The van der Waals surface area contributed by atoms with E-state index < -0.39 is 0 Å². The lowest BCUT2D eigenvalue weighted by molar-refractivity contribution is 0.465. The Balaban J connectivity index is 2.23. The summed E-state index contributed by atoms with van der Waals surface area (Å²) in [6.45, 7) is 3.73. The van der Waals surface area contributed by atoms with Gasteiger partial charge in [0.25, 0.3) is 0 Å². The molecule has 0 fully saturated rings. The van der Waals surface area contributed by atoms with Gasteiger partial charge in [0.05, 0.1) is 5.69 Å². The minimum Gasteiger partial charge on any atom is -0.508 e. The van der Waals surface area contributed by atoms with Crippen LogP contribution in [0.3, 0.4) is 0 Å². The second kappa shape index (κ2) is 5.77. The molecule has 1 unspecified atom stereocenters. The van der Waals surface area contributed by atoms with Crippen molar-refractivity contribution in [1.82, 2.24) is 0 Å². The number of hydrogen-bond acceptors (Lipinski definition) is 3. The van der Waals surface area contributed by atoms with Gasteiger partial charge in [0.15, 0.2) is 0 Å². The maximum Gasteiger partial charge on any atom is 0.121 e. The van der Waals surface area contributed by atoms with Crippen LogP contribution in [0, 0.1) is 0 Å². The summed E-state index contributed by atoms with van der Waals surface area (Å²) in [5.41, 5.74) is 1.48. The Labute approximate surface area is 106 Å². The Morgan fingerprint density at radius 3 is 2.33 bits per heavy atom. The highest BCUT2D eigenvalue weighted by Crippen LogP contribution is 2.28. The van der Waals surface area contributed by atoms with E-state index >= 15 is 0 Å². The molecule has 0 amide bonds. The minimum atomic E-state index is -0.341. The lowest BCUT2D eigenvalue weighted by Crippen LogP contribution is -1.90. The SMILES string of the molecule is C=CC(N=Nc1ccccc1)c1ccccc1O. The maximum absolute atomic E-state index is 9.76. The molecule has 0 saturated carbocycles. The fraction of sp³-hybridized carbons (Fsp3) is 0.0667. The first-order valence-electron chi connectivity index (χ1n) is 5.67. The third kappa shape index (κ3) is 2.83. The monoisotopic (exact) mass is 238 g/mol. The van der Waals surface area contributed by atoms with Gasteiger partial charge in [-0.25, -0.2) is 0 Å². The van der Waals surface area contributed by atoms with Crippen molar-refractivity contribution in [2.75, 3.05) is 0 Å². The van der Waals surface area contributed by atoms with Crippen LogP contribution >= 0.6 is 0 Å². The van der Waals surface area contributed by atoms with Gasteiger partial charge in [-0.05, 0) is 18.2 Å². The van der Waals surface area contributed by atoms with Gasteiger partial charge < -0.3 is 5.11 Å². The van der Waals surface area contributed by atoms with Crippen molar-refractivity contribution in [2.24, 2.45) is 10.2 Å². The van der Waals surface area contributed by atoms with Crippen molar-refractivity contribution in [3.8, 4) is 5.75 Å². The molecule has 0 bridgehead atoms. The van der Waals surface area contributed by atoms with E-state index in [2.05, 4.69) is 16.8 Å². The molecule has 0 saturated heterocycles. The molecular formula is C15H14N2O. The standard InChI is InChI=1S/C15H14N2O/c1-2-14(13-10-6-7-11-15(13)18)17-16-12-8-4-3-5-9-12/h2-11,14,18H,1H2. The van der Waals surface area contributed by atoms with Gasteiger partial charge in [0.2, 0.25) is 0 Å². The zero-order chi connectivity index (χ0) is 12.8. The van der Waals surface area contributed by atoms with Crippen LogP contribution in [-0.4, -0.2) is 5.11 Å². The van der Waals surface area contributed by atoms with Gasteiger partial charge in [-0.3, -0.25) is 0 Å². The highest BCUT2D eigenvalue weighted by Gasteiger charge is 2.09. The molecule has 1 atom stereocenters. The van der Waals surface area contributed by atoms with E-state index in [9.17, 15) is 5.11 Å². The molecule has 2 aromatic carbocycles. The van der Waals surface area contributed by atoms with Gasteiger partial charge in [0.1, 0.15) is 11.8 Å². The van der Waals surface area contributed by atoms with Crippen molar-refractivity contribution >= 4 is 5.69 Å². The fourth-order valence-electron chi connectivity index (χ4n) is 1.60. The van der Waals surface area contributed by atoms with E-state index in [1.54, 1.807) is 18.2 Å². The van der Waals surface area contributed by atoms with E-state index in [-0.39, 0.29) is 11.8 Å². The zero-order valence-electron chi connectivity index (χ0n) is 9.90. The van der Waals surface area contributed by atoms with Crippen molar-refractivity contribution in [1.29, 1.82) is 0 Å². The van der Waals surface area contributed by atoms with Gasteiger partial charge in [-0.15, -0.1) is 6.58 Å². The molecule has 0 aliphatic carbocycles. The molecule has 0 aliphatic heterocycles. The van der Waals surface area contributed by atoms with Crippen LogP contribution in [0.5, 0.6) is 5.75 Å². The number of phenolic OH excluding ortho intramolecular Hbond substituents is 1. The summed E-state index contributed by atoms with van der Waals surface area (Å²) in [7, 11) is 0. The summed E-state index contributed by atoms with van der Waals surface area (Å²) in [4.78, 5) is 0. The molecule has 0 aliphatic rings. The first-order valence-corrected chi connectivity index (χ1v) is 5.67. The van der Waals surface area contributed by atoms with E-state index in [4.69, 9.17) is 0 Å². The second-order valence-electron chi connectivity index (χ2n) is 3.79. The molecule has 3 heteroatoms. The molecule has 0 aromatic heterocycles. The molecule has 0 radical (unpaired) electrons. The summed E-state index contributed by atoms with van der Waals surface area (Å²) in [5.74, 6) is 0.203. The van der Waals surface area contributed by atoms with Crippen LogP contribution in [0.25, 0.3) is 0 Å². The molecule has 0 spiro atoms. The van der Waals surface area contributed by atoms with E-state index in [1.165, 1.54) is 0 Å². The average Bonchev–Trinajstić information content (AvgIpc) is 2.42. The van der Waals surface area contributed by atoms with E-state index in [1.807, 2.05) is 42.5 Å². The quantitative estimate of drug-likeness (QED) is 0.622. The Morgan fingerprint density at radius 2 is 1.67 bits per heavy atom. The predicted molar refractivity (Wildman–Crippen MR) is 72.0 cm³/mol. The number of rotatable bonds is 4. The normalized spacial score (nSPS) is 12.4. The zero-order valence-corrected chi connectivity index (χ0v) is 9.90. The first kappa shape index (κ1) is 12.0. The second-order valence-corrected chi connectivity index (χ2v) is 3.79. The van der Waals surface area contributed by atoms with Crippen molar-refractivity contribution in [3.63, 3.8) is 0 Å². The lowest BCUT2D eigenvalue weighted by atomic mass is 10.1. The summed E-state index contributed by atoms with van der Waals surface area (Å²) in [6.07, 6.45) is 1.65. The number of benzene rings is 2. The number of para-hydroxylation sites is 1. The number of azo groups is 1. The van der Waals surface area contributed by atoms with Crippen molar-refractivity contribution in [3.05, 3.63) is 72.8 Å². The topological polar surface area (TPSA) is 45.0 Å². The Morgan fingerprint density at radius 1 is 1.00 bits per heavy atom. The minimum absolute atomic E-state index is 0.203. The van der Waals surface area contributed by atoms with Gasteiger partial charge in [-0.2, -0.15) is 10.2 Å². The van der Waals surface area contributed by atoms with Crippen molar-refractivity contribution in [2.45, 2.75) is 6.04 Å². The smallest absolute Gasteiger partial charge is 0.121 e. The Hall–Kier alpha value is -2.42. The third-order valence-electron chi connectivity index (χ3n) is 2.53. The number of phenols is 1. The van der Waals surface area contributed by atoms with E-state index in [0.717, 1.165) is 5.69 Å². The number of aromatic hydroxyl groups is 1. The summed E-state index contributed by atoms with van der Waals surface area (Å²) in [6, 6.07) is 16.2. The fourth-order valence-corrected chi connectivity index (χ4v) is 1.60. The molecule has 3 nitrogen and oxygen atoms in total. The molecule has 0 heterocycles. The largest absolute Gasteiger partial charge is 0.508 e. The van der Waals surface area contributed by atoms with Crippen LogP contribution in [0.15, 0.2) is 77.5 Å². The van der Waals surface area contributed by atoms with Crippen LogP contribution in [0.4, 0.5) is 5.69 Å². The highest BCUT2D eigenvalue weighted by molar-refractivity contribution is 5.38. The third-order valence-corrected chi connectivity index (χ3v) is 2.53. The number of nitrogens with zero attached hydrogens (tertiary/aromatic N) is 2. The van der Waals surface area contributed by atoms with Crippen molar-refractivity contribution < 1.29 is 5.11 Å². The molecule has 18 heavy (non-hydrogen) atoms. The van der Waals surface area contributed by atoms with Gasteiger partial charge >= 0.3 is 0 Å². The van der Waals surface area contributed by atoms with Crippen LogP contribution in [0.2, 0.25) is 0 Å². The Bertz CT molecular complexity index is 549. The number of hydrogen-bond donors (Lipinski definition) is 1. The lowest BCUT2D eigenvalue weighted by Gasteiger charge is -2.08. The Kier molecular flexibility index (Phi) is 3.86. The van der Waals surface area contributed by atoms with Crippen LogP contribution < -0.4 is 0 Å². The predicted octanol–water partition coefficient (Wildman–Crippen LogP) is 4.40. The highest BCUT2D eigenvalue weighted by atomic mass is 16.3. The van der Waals surface area contributed by atoms with Gasteiger partial charge in [-0.1, -0.05) is 42.5 Å². The summed E-state index contributed by atoms with van der Waals surface area (Å²) < 4.78 is 0. The molecular weight excluding hydrogens is 224 g/mol. The van der Waals surface area contributed by atoms with Gasteiger partial charge in [0, 0.05) is 5.56 Å².